The van der Waals surface area contributed by atoms with Crippen LogP contribution in [0.4, 0.5) is 4.39 Å². The zero-order valence-corrected chi connectivity index (χ0v) is 10.1. The number of benzene rings is 1. The summed E-state index contributed by atoms with van der Waals surface area (Å²) in [6, 6.07) is 4.33. The molecule has 1 atom stereocenters. The van der Waals surface area contributed by atoms with Crippen molar-refractivity contribution in [3.8, 4) is 0 Å². The van der Waals surface area contributed by atoms with E-state index in [1.807, 2.05) is 13.8 Å². The zero-order chi connectivity index (χ0) is 12.1. The first-order valence-corrected chi connectivity index (χ1v) is 5.64. The number of ketones is 1. The highest BCUT2D eigenvalue weighted by molar-refractivity contribution is 6.30. The van der Waals surface area contributed by atoms with Gasteiger partial charge in [0.15, 0.2) is 5.78 Å². The van der Waals surface area contributed by atoms with E-state index >= 15 is 0 Å². The molecule has 0 aliphatic heterocycles. The van der Waals surface area contributed by atoms with Crippen LogP contribution in [0.5, 0.6) is 0 Å². The van der Waals surface area contributed by atoms with Gasteiger partial charge in [-0.3, -0.25) is 4.79 Å². The van der Waals surface area contributed by atoms with Crippen molar-refractivity contribution in [3.63, 3.8) is 0 Å². The van der Waals surface area contributed by atoms with Gasteiger partial charge in [-0.25, -0.2) is 4.39 Å². The maximum Gasteiger partial charge on any atom is 0.179 e. The van der Waals surface area contributed by atoms with Crippen LogP contribution in [-0.4, -0.2) is 18.4 Å². The van der Waals surface area contributed by atoms with E-state index in [1.165, 1.54) is 12.1 Å². The van der Waals surface area contributed by atoms with Crippen LogP contribution >= 0.6 is 11.6 Å². The molecule has 88 valence electrons. The zero-order valence-electron chi connectivity index (χ0n) is 9.39. The standard InChI is InChI=1S/C12H15ClFNO/c1-3-8(2)15-7-12(16)10-5-4-9(13)6-11(10)14/h4-6,8,15H,3,7H2,1-2H3. The van der Waals surface area contributed by atoms with Crippen molar-refractivity contribution in [3.05, 3.63) is 34.6 Å². The fourth-order valence-corrected chi connectivity index (χ4v) is 1.38. The van der Waals surface area contributed by atoms with Crippen LogP contribution in [0.3, 0.4) is 0 Å². The number of hydrogen-bond donors (Lipinski definition) is 1. The molecule has 0 radical (unpaired) electrons. The van der Waals surface area contributed by atoms with Gasteiger partial charge in [0, 0.05) is 11.1 Å². The van der Waals surface area contributed by atoms with Crippen molar-refractivity contribution in [1.82, 2.24) is 5.32 Å². The molecule has 0 fully saturated rings. The van der Waals surface area contributed by atoms with Gasteiger partial charge < -0.3 is 5.32 Å². The number of halogens is 2. The van der Waals surface area contributed by atoms with Crippen LogP contribution < -0.4 is 5.32 Å². The second-order valence-corrected chi connectivity index (χ2v) is 4.17. The Hall–Kier alpha value is -0.930. The Kier molecular flexibility index (Phi) is 4.90. The van der Waals surface area contributed by atoms with Gasteiger partial charge in [-0.1, -0.05) is 18.5 Å². The number of rotatable bonds is 5. The summed E-state index contributed by atoms with van der Waals surface area (Å²) in [6.07, 6.45) is 0.927. The number of carbonyl (C=O) groups is 1. The van der Waals surface area contributed by atoms with E-state index in [9.17, 15) is 9.18 Å². The van der Waals surface area contributed by atoms with Gasteiger partial charge in [0.25, 0.3) is 0 Å². The molecule has 0 aliphatic carbocycles. The normalized spacial score (nSPS) is 12.5. The van der Waals surface area contributed by atoms with Crippen molar-refractivity contribution < 1.29 is 9.18 Å². The van der Waals surface area contributed by atoms with Crippen LogP contribution in [0.15, 0.2) is 18.2 Å². The monoisotopic (exact) mass is 243 g/mol. The predicted molar refractivity (Wildman–Crippen MR) is 63.5 cm³/mol. The summed E-state index contributed by atoms with van der Waals surface area (Å²) in [6.45, 7) is 4.14. The van der Waals surface area contributed by atoms with Gasteiger partial charge in [0.1, 0.15) is 5.82 Å². The fourth-order valence-electron chi connectivity index (χ4n) is 1.22. The minimum Gasteiger partial charge on any atom is -0.307 e. The molecule has 0 aliphatic rings. The van der Waals surface area contributed by atoms with E-state index in [4.69, 9.17) is 11.6 Å². The molecule has 1 unspecified atom stereocenters. The third-order valence-electron chi connectivity index (χ3n) is 2.45. The molecule has 1 aromatic rings. The van der Waals surface area contributed by atoms with Crippen molar-refractivity contribution in [2.45, 2.75) is 26.3 Å². The molecule has 1 N–H and O–H groups in total. The summed E-state index contributed by atoms with van der Waals surface area (Å²) in [5.74, 6) is -0.821. The molecular weight excluding hydrogens is 229 g/mol. The highest BCUT2D eigenvalue weighted by atomic mass is 35.5. The Morgan fingerprint density at radius 3 is 2.81 bits per heavy atom. The Bertz CT molecular complexity index is 381. The Morgan fingerprint density at radius 2 is 2.25 bits per heavy atom. The lowest BCUT2D eigenvalue weighted by atomic mass is 10.1. The molecule has 0 amide bonds. The van der Waals surface area contributed by atoms with Crippen molar-refractivity contribution in [2.24, 2.45) is 0 Å². The predicted octanol–water partition coefficient (Wildman–Crippen LogP) is 3.05. The summed E-state index contributed by atoms with van der Waals surface area (Å²) >= 11 is 5.60. The summed E-state index contributed by atoms with van der Waals surface area (Å²) in [4.78, 5) is 11.7. The summed E-state index contributed by atoms with van der Waals surface area (Å²) in [7, 11) is 0. The number of nitrogens with one attached hydrogen (secondary N) is 1. The maximum atomic E-state index is 13.4. The van der Waals surface area contributed by atoms with Crippen LogP contribution in [0, 0.1) is 5.82 Å². The van der Waals surface area contributed by atoms with Crippen LogP contribution in [0.2, 0.25) is 5.02 Å². The average molecular weight is 244 g/mol. The highest BCUT2D eigenvalue weighted by Crippen LogP contribution is 2.14. The summed E-state index contributed by atoms with van der Waals surface area (Å²) in [5.41, 5.74) is 0.0835. The molecule has 0 saturated heterocycles. The highest BCUT2D eigenvalue weighted by Gasteiger charge is 2.12. The number of carbonyl (C=O) groups excluding carboxylic acids is 1. The third kappa shape index (κ3) is 3.58. The average Bonchev–Trinajstić information content (AvgIpc) is 2.25. The van der Waals surface area contributed by atoms with E-state index in [-0.39, 0.29) is 23.9 Å². The molecule has 1 rings (SSSR count). The molecule has 0 aromatic heterocycles. The van der Waals surface area contributed by atoms with Gasteiger partial charge in [-0.05, 0) is 31.5 Å². The molecule has 0 spiro atoms. The Labute approximate surface area is 99.8 Å². The van der Waals surface area contributed by atoms with Crippen LogP contribution in [-0.2, 0) is 0 Å². The Morgan fingerprint density at radius 1 is 1.56 bits per heavy atom. The van der Waals surface area contributed by atoms with E-state index in [2.05, 4.69) is 5.32 Å². The van der Waals surface area contributed by atoms with E-state index in [0.717, 1.165) is 12.5 Å². The lowest BCUT2D eigenvalue weighted by Gasteiger charge is -2.10. The third-order valence-corrected chi connectivity index (χ3v) is 2.69. The van der Waals surface area contributed by atoms with Gasteiger partial charge in [0.2, 0.25) is 0 Å². The topological polar surface area (TPSA) is 29.1 Å². The van der Waals surface area contributed by atoms with Gasteiger partial charge >= 0.3 is 0 Å². The molecule has 0 saturated carbocycles. The van der Waals surface area contributed by atoms with E-state index in [1.54, 1.807) is 0 Å². The van der Waals surface area contributed by atoms with Crippen LogP contribution in [0.1, 0.15) is 30.6 Å². The summed E-state index contributed by atoms with van der Waals surface area (Å²) < 4.78 is 13.4. The minimum absolute atomic E-state index is 0.0835. The lowest BCUT2D eigenvalue weighted by Crippen LogP contribution is -2.31. The van der Waals surface area contributed by atoms with Crippen molar-refractivity contribution in [2.75, 3.05) is 6.54 Å². The first kappa shape index (κ1) is 13.1. The first-order chi connectivity index (χ1) is 7.54. The summed E-state index contributed by atoms with van der Waals surface area (Å²) in [5, 5.41) is 3.32. The second kappa shape index (κ2) is 5.97. The van der Waals surface area contributed by atoms with Crippen LogP contribution in [0.25, 0.3) is 0 Å². The largest absolute Gasteiger partial charge is 0.307 e. The molecule has 0 heterocycles. The van der Waals surface area contributed by atoms with Gasteiger partial charge in [0.05, 0.1) is 12.1 Å². The lowest BCUT2D eigenvalue weighted by molar-refractivity contribution is 0.0984. The minimum atomic E-state index is -0.566. The van der Waals surface area contributed by atoms with Crippen molar-refractivity contribution >= 4 is 17.4 Å². The Balaban J connectivity index is 2.66. The van der Waals surface area contributed by atoms with Gasteiger partial charge in [-0.15, -0.1) is 0 Å². The molecule has 4 heteroatoms. The molecule has 0 bridgehead atoms. The molecular formula is C12H15ClFNO. The van der Waals surface area contributed by atoms with E-state index in [0.29, 0.717) is 5.02 Å². The number of Topliss-reactive ketones (excluding diaryl/α,β-unsaturated/α-hetero) is 1. The molecule has 2 nitrogen and oxygen atoms in total. The SMILES string of the molecule is CCC(C)NCC(=O)c1ccc(Cl)cc1F. The molecule has 16 heavy (non-hydrogen) atoms. The first-order valence-electron chi connectivity index (χ1n) is 5.26. The quantitative estimate of drug-likeness (QED) is 0.806. The number of hydrogen-bond acceptors (Lipinski definition) is 2. The second-order valence-electron chi connectivity index (χ2n) is 3.74. The van der Waals surface area contributed by atoms with Gasteiger partial charge in [-0.2, -0.15) is 0 Å². The van der Waals surface area contributed by atoms with Crippen molar-refractivity contribution in [1.29, 1.82) is 0 Å². The molecule has 1 aromatic carbocycles. The smallest absolute Gasteiger partial charge is 0.179 e. The van der Waals surface area contributed by atoms with E-state index < -0.39 is 5.82 Å². The maximum absolute atomic E-state index is 13.4. The fraction of sp³-hybridized carbons (Fsp3) is 0.417.